The van der Waals surface area contributed by atoms with E-state index in [4.69, 9.17) is 14.2 Å². The van der Waals surface area contributed by atoms with Gasteiger partial charge < -0.3 is 14.2 Å². The number of carbonyl (C=O) groups is 2. The highest BCUT2D eigenvalue weighted by Gasteiger charge is 2.09. The molecule has 1 N–H and O–H groups in total. The summed E-state index contributed by atoms with van der Waals surface area (Å²) in [5.41, 5.74) is 3.48. The van der Waals surface area contributed by atoms with E-state index in [0.717, 1.165) is 10.8 Å². The topological polar surface area (TPSA) is 86.2 Å². The van der Waals surface area contributed by atoms with E-state index in [1.165, 1.54) is 6.21 Å². The van der Waals surface area contributed by atoms with E-state index in [2.05, 4.69) is 10.5 Å². The lowest BCUT2D eigenvalue weighted by molar-refractivity contribution is -0.123. The zero-order valence-corrected chi connectivity index (χ0v) is 18.4. The highest BCUT2D eigenvalue weighted by atomic mass is 16.5. The Kier molecular flexibility index (Phi) is 7.15. The van der Waals surface area contributed by atoms with Crippen molar-refractivity contribution in [3.63, 3.8) is 0 Å². The molecule has 0 atom stereocenters. The molecule has 7 heteroatoms. The molecule has 4 aromatic carbocycles. The number of hydrogen-bond acceptors (Lipinski definition) is 6. The molecule has 0 saturated heterocycles. The summed E-state index contributed by atoms with van der Waals surface area (Å²) in [4.78, 5) is 24.5. The minimum atomic E-state index is -0.490. The van der Waals surface area contributed by atoms with Crippen LogP contribution in [0.5, 0.6) is 17.2 Å². The number of esters is 1. The number of amides is 1. The zero-order valence-electron chi connectivity index (χ0n) is 18.4. The van der Waals surface area contributed by atoms with Crippen LogP contribution in [-0.4, -0.2) is 31.8 Å². The predicted octanol–water partition coefficient (Wildman–Crippen LogP) is 4.60. The summed E-state index contributed by atoms with van der Waals surface area (Å²) in [5.74, 6) is 0.750. The van der Waals surface area contributed by atoms with Gasteiger partial charge in [-0.3, -0.25) is 4.79 Å². The summed E-state index contributed by atoms with van der Waals surface area (Å²) >= 11 is 0. The number of methoxy groups -OCH3 is 1. The molecule has 4 aromatic rings. The van der Waals surface area contributed by atoms with Crippen molar-refractivity contribution in [3.05, 3.63) is 102 Å². The molecular formula is C27H22N2O5. The molecular weight excluding hydrogens is 432 g/mol. The maximum Gasteiger partial charge on any atom is 0.343 e. The highest BCUT2D eigenvalue weighted by molar-refractivity contribution is 5.92. The molecule has 4 rings (SSSR count). The molecule has 0 saturated carbocycles. The van der Waals surface area contributed by atoms with E-state index in [0.29, 0.717) is 28.4 Å². The lowest BCUT2D eigenvalue weighted by atomic mass is 10.1. The fraction of sp³-hybridized carbons (Fsp3) is 0.0741. The number of ether oxygens (including phenoxy) is 3. The van der Waals surface area contributed by atoms with Crippen LogP contribution in [-0.2, 0) is 4.79 Å². The van der Waals surface area contributed by atoms with Gasteiger partial charge in [0.25, 0.3) is 5.91 Å². The van der Waals surface area contributed by atoms with Crippen molar-refractivity contribution in [3.8, 4) is 17.2 Å². The van der Waals surface area contributed by atoms with E-state index in [1.54, 1.807) is 55.6 Å². The molecule has 0 radical (unpaired) electrons. The van der Waals surface area contributed by atoms with Crippen LogP contribution in [0.25, 0.3) is 10.8 Å². The van der Waals surface area contributed by atoms with Crippen LogP contribution in [0.3, 0.4) is 0 Å². The largest absolute Gasteiger partial charge is 0.497 e. The average Bonchev–Trinajstić information content (AvgIpc) is 2.87. The molecule has 0 heterocycles. The average molecular weight is 454 g/mol. The normalized spacial score (nSPS) is 10.7. The Morgan fingerprint density at radius 2 is 1.65 bits per heavy atom. The van der Waals surface area contributed by atoms with E-state index < -0.39 is 11.9 Å². The molecule has 0 fully saturated rings. The van der Waals surface area contributed by atoms with Gasteiger partial charge in [-0.25, -0.2) is 10.2 Å². The predicted molar refractivity (Wildman–Crippen MR) is 130 cm³/mol. The number of hydrogen-bond donors (Lipinski definition) is 1. The Morgan fingerprint density at radius 1 is 0.882 bits per heavy atom. The van der Waals surface area contributed by atoms with Crippen molar-refractivity contribution >= 4 is 28.9 Å². The van der Waals surface area contributed by atoms with Crippen LogP contribution < -0.4 is 19.6 Å². The molecule has 7 nitrogen and oxygen atoms in total. The smallest absolute Gasteiger partial charge is 0.343 e. The van der Waals surface area contributed by atoms with Gasteiger partial charge in [-0.1, -0.05) is 48.5 Å². The molecule has 1 amide bonds. The first-order valence-corrected chi connectivity index (χ1v) is 10.5. The second kappa shape index (κ2) is 10.8. The van der Waals surface area contributed by atoms with Gasteiger partial charge in [-0.2, -0.15) is 5.10 Å². The first kappa shape index (κ1) is 22.5. The first-order chi connectivity index (χ1) is 16.6. The van der Waals surface area contributed by atoms with Crippen LogP contribution in [0.15, 0.2) is 96.1 Å². The maximum absolute atomic E-state index is 12.3. The van der Waals surface area contributed by atoms with Gasteiger partial charge >= 0.3 is 5.97 Å². The van der Waals surface area contributed by atoms with Crippen LogP contribution in [0.4, 0.5) is 0 Å². The van der Waals surface area contributed by atoms with Crippen LogP contribution in [0.2, 0.25) is 0 Å². The maximum atomic E-state index is 12.3. The summed E-state index contributed by atoms with van der Waals surface area (Å²) < 4.78 is 16.2. The summed E-state index contributed by atoms with van der Waals surface area (Å²) in [6.45, 7) is -0.176. The third-order valence-electron chi connectivity index (χ3n) is 4.91. The molecule has 0 aliphatic rings. The number of nitrogens with zero attached hydrogens (tertiary/aromatic N) is 1. The molecule has 0 aliphatic heterocycles. The number of nitrogens with one attached hydrogen (secondary N) is 1. The first-order valence-electron chi connectivity index (χ1n) is 10.5. The molecule has 0 bridgehead atoms. The summed E-state index contributed by atoms with van der Waals surface area (Å²) in [6, 6.07) is 26.9. The summed E-state index contributed by atoms with van der Waals surface area (Å²) in [5, 5.41) is 5.92. The standard InChI is InChI=1S/C27H22N2O5/c1-32-22-14-12-21(13-15-22)27(31)34-23-9-4-6-19(16-23)17-28-29-26(30)18-33-25-11-5-8-20-7-2-3-10-24(20)25/h2-17H,18H2,1H3,(H,29,30)/b28-17-. The Morgan fingerprint density at radius 3 is 2.47 bits per heavy atom. The fourth-order valence-corrected chi connectivity index (χ4v) is 3.23. The van der Waals surface area contributed by atoms with Gasteiger partial charge in [0.15, 0.2) is 6.61 Å². The third kappa shape index (κ3) is 5.77. The van der Waals surface area contributed by atoms with Crippen molar-refractivity contribution < 1.29 is 23.8 Å². The van der Waals surface area contributed by atoms with Gasteiger partial charge in [0.05, 0.1) is 18.9 Å². The minimum absolute atomic E-state index is 0.176. The number of rotatable bonds is 8. The number of hydrazone groups is 1. The highest BCUT2D eigenvalue weighted by Crippen LogP contribution is 2.25. The van der Waals surface area contributed by atoms with E-state index in [-0.39, 0.29) is 6.61 Å². The van der Waals surface area contributed by atoms with E-state index in [1.807, 2.05) is 42.5 Å². The van der Waals surface area contributed by atoms with Crippen molar-refractivity contribution in [2.24, 2.45) is 5.10 Å². The number of benzene rings is 4. The number of carbonyl (C=O) groups excluding carboxylic acids is 2. The summed E-state index contributed by atoms with van der Waals surface area (Å²) in [7, 11) is 1.56. The van der Waals surface area contributed by atoms with E-state index >= 15 is 0 Å². The second-order valence-corrected chi connectivity index (χ2v) is 7.25. The fourth-order valence-electron chi connectivity index (χ4n) is 3.23. The van der Waals surface area contributed by atoms with Crippen molar-refractivity contribution in [1.82, 2.24) is 5.43 Å². The van der Waals surface area contributed by atoms with Gasteiger partial charge in [0.1, 0.15) is 17.2 Å². The lowest BCUT2D eigenvalue weighted by Gasteiger charge is -2.08. The third-order valence-corrected chi connectivity index (χ3v) is 4.91. The monoisotopic (exact) mass is 454 g/mol. The molecule has 170 valence electrons. The minimum Gasteiger partial charge on any atom is -0.497 e. The van der Waals surface area contributed by atoms with Gasteiger partial charge in [-0.05, 0) is 53.4 Å². The van der Waals surface area contributed by atoms with Gasteiger partial charge in [-0.15, -0.1) is 0 Å². The van der Waals surface area contributed by atoms with Crippen molar-refractivity contribution in [2.45, 2.75) is 0 Å². The molecule has 0 spiro atoms. The van der Waals surface area contributed by atoms with E-state index in [9.17, 15) is 9.59 Å². The van der Waals surface area contributed by atoms with Crippen molar-refractivity contribution in [2.75, 3.05) is 13.7 Å². The van der Waals surface area contributed by atoms with Crippen molar-refractivity contribution in [1.29, 1.82) is 0 Å². The quantitative estimate of drug-likeness (QED) is 0.182. The Hall–Kier alpha value is -4.65. The van der Waals surface area contributed by atoms with Crippen LogP contribution in [0, 0.1) is 0 Å². The molecule has 34 heavy (non-hydrogen) atoms. The molecule has 0 unspecified atom stereocenters. The van der Waals surface area contributed by atoms with Gasteiger partial charge in [0.2, 0.25) is 0 Å². The Labute approximate surface area is 196 Å². The van der Waals surface area contributed by atoms with Crippen LogP contribution >= 0.6 is 0 Å². The van der Waals surface area contributed by atoms with Crippen LogP contribution in [0.1, 0.15) is 15.9 Å². The summed E-state index contributed by atoms with van der Waals surface area (Å²) in [6.07, 6.45) is 1.46. The Balaban J connectivity index is 1.30. The SMILES string of the molecule is COc1ccc(C(=O)Oc2cccc(/C=N\NC(=O)COc3cccc4ccccc34)c2)cc1. The Bertz CT molecular complexity index is 1330. The molecule has 0 aromatic heterocycles. The van der Waals surface area contributed by atoms with Gasteiger partial charge in [0, 0.05) is 5.39 Å². The zero-order chi connectivity index (χ0) is 23.8. The lowest BCUT2D eigenvalue weighted by Crippen LogP contribution is -2.24. The number of fused-ring (bicyclic) bond motifs is 1. The second-order valence-electron chi connectivity index (χ2n) is 7.25. The molecule has 0 aliphatic carbocycles.